The van der Waals surface area contributed by atoms with Gasteiger partial charge in [0.1, 0.15) is 5.75 Å². The Morgan fingerprint density at radius 3 is 2.47 bits per heavy atom. The summed E-state index contributed by atoms with van der Waals surface area (Å²) in [5, 5.41) is 0. The number of hydrogen-bond donors (Lipinski definition) is 0. The van der Waals surface area contributed by atoms with Crippen molar-refractivity contribution in [3.8, 4) is 17.2 Å². The highest BCUT2D eigenvalue weighted by Crippen LogP contribution is 2.35. The van der Waals surface area contributed by atoms with Gasteiger partial charge in [0.25, 0.3) is 5.56 Å². The van der Waals surface area contributed by atoms with Crippen LogP contribution in [0.3, 0.4) is 0 Å². The van der Waals surface area contributed by atoms with Crippen LogP contribution < -0.4 is 29.1 Å². The molecule has 2 aromatic carbocycles. The van der Waals surface area contributed by atoms with Gasteiger partial charge in [0.05, 0.1) is 51.1 Å². The Balaban J connectivity index is 1.88. The van der Waals surface area contributed by atoms with E-state index in [0.29, 0.717) is 46.2 Å². The van der Waals surface area contributed by atoms with E-state index in [4.69, 9.17) is 18.9 Å². The minimum atomic E-state index is -0.747. The molecule has 1 atom stereocenters. The van der Waals surface area contributed by atoms with E-state index >= 15 is 0 Å². The number of aromatic nitrogens is 1. The molecule has 38 heavy (non-hydrogen) atoms. The molecule has 0 aliphatic carbocycles. The molecule has 3 aromatic rings. The number of halogens is 2. The fourth-order valence-corrected chi connectivity index (χ4v) is 6.82. The Hall–Kier alpha value is -2.64. The van der Waals surface area contributed by atoms with E-state index < -0.39 is 12.0 Å². The summed E-state index contributed by atoms with van der Waals surface area (Å²) in [7, 11) is 1.31. The van der Waals surface area contributed by atoms with Gasteiger partial charge in [-0.3, -0.25) is 9.36 Å². The topological polar surface area (TPSA) is 88.4 Å². The quantitative estimate of drug-likeness (QED) is 0.239. The van der Waals surface area contributed by atoms with Crippen LogP contribution in [-0.4, -0.2) is 37.5 Å². The van der Waals surface area contributed by atoms with Gasteiger partial charge in [-0.05, 0) is 101 Å². The van der Waals surface area contributed by atoms with Gasteiger partial charge in [-0.15, -0.1) is 0 Å². The number of carbonyl (C=O) groups excluding carboxylic acids is 1. The number of fused-ring (bicyclic) bond motifs is 1. The van der Waals surface area contributed by atoms with Gasteiger partial charge in [-0.1, -0.05) is 17.4 Å². The molecule has 1 aliphatic rings. The molecule has 0 unspecified atom stereocenters. The smallest absolute Gasteiger partial charge is 0.337 e. The molecule has 0 bridgehead atoms. The molecule has 0 N–H and O–H groups in total. The van der Waals surface area contributed by atoms with Crippen molar-refractivity contribution in [1.82, 2.24) is 4.57 Å². The van der Waals surface area contributed by atoms with Crippen molar-refractivity contribution in [3.63, 3.8) is 0 Å². The zero-order valence-corrected chi connectivity index (χ0v) is 25.8. The molecule has 0 saturated heterocycles. The van der Waals surface area contributed by atoms with E-state index in [1.165, 1.54) is 29.2 Å². The largest absolute Gasteiger partial charge is 0.492 e. The predicted molar refractivity (Wildman–Crippen MR) is 158 cm³/mol. The standard InChI is InChI=1S/C27H26BrIN2O6S/c1-5-35-20-9-8-16(13-21(20)36-6-2)23-17(26(33)34-4)14-30-27-31(23)25(32)22(38-27)12-15-10-18(28)24(37-7-3)19(29)11-15/h8-14,23H,5-7H2,1-4H3/b22-12-/t23-/m1/s1. The van der Waals surface area contributed by atoms with Crippen LogP contribution in [0.5, 0.6) is 17.2 Å². The van der Waals surface area contributed by atoms with Gasteiger partial charge < -0.3 is 18.9 Å². The van der Waals surface area contributed by atoms with Crippen LogP contribution in [0.1, 0.15) is 37.9 Å². The van der Waals surface area contributed by atoms with E-state index in [2.05, 4.69) is 43.5 Å². The van der Waals surface area contributed by atoms with Crippen molar-refractivity contribution < 1.29 is 23.7 Å². The van der Waals surface area contributed by atoms with Crippen LogP contribution in [0.2, 0.25) is 0 Å². The number of rotatable bonds is 9. The summed E-state index contributed by atoms with van der Waals surface area (Å²) in [6.45, 7) is 7.16. The summed E-state index contributed by atoms with van der Waals surface area (Å²) < 4.78 is 26.0. The lowest BCUT2D eigenvalue weighted by molar-refractivity contribution is -0.136. The third kappa shape index (κ3) is 5.69. The van der Waals surface area contributed by atoms with Crippen LogP contribution in [0.25, 0.3) is 6.08 Å². The van der Waals surface area contributed by atoms with Crippen molar-refractivity contribution in [2.24, 2.45) is 4.99 Å². The summed E-state index contributed by atoms with van der Waals surface area (Å²) in [4.78, 5) is 31.5. The fraction of sp³-hybridized carbons (Fsp3) is 0.296. The van der Waals surface area contributed by atoms with E-state index in [9.17, 15) is 9.59 Å². The summed E-state index contributed by atoms with van der Waals surface area (Å²) in [6.07, 6.45) is 3.29. The molecule has 0 saturated carbocycles. The van der Waals surface area contributed by atoms with Crippen molar-refractivity contribution in [2.45, 2.75) is 26.8 Å². The Morgan fingerprint density at radius 2 is 1.82 bits per heavy atom. The lowest BCUT2D eigenvalue weighted by atomic mass is 9.97. The van der Waals surface area contributed by atoms with E-state index in [-0.39, 0.29) is 11.1 Å². The van der Waals surface area contributed by atoms with Crippen molar-refractivity contribution in [2.75, 3.05) is 26.9 Å². The average Bonchev–Trinajstić information content (AvgIpc) is 3.21. The normalized spacial score (nSPS) is 14.8. The van der Waals surface area contributed by atoms with Gasteiger partial charge >= 0.3 is 5.97 Å². The highest BCUT2D eigenvalue weighted by Gasteiger charge is 2.31. The van der Waals surface area contributed by atoms with Gasteiger partial charge in [0, 0.05) is 6.20 Å². The SMILES string of the molecule is CCOc1ccc([C@@H]2C(C(=O)OC)=CN=c3s/c(=C\c4cc(Br)c(OCC)c(I)c4)c(=O)n32)cc1OCC. The third-order valence-electron chi connectivity index (χ3n) is 5.62. The first-order valence-corrected chi connectivity index (χ1v) is 14.6. The summed E-state index contributed by atoms with van der Waals surface area (Å²) in [5.74, 6) is 1.31. The van der Waals surface area contributed by atoms with Gasteiger partial charge in [-0.25, -0.2) is 9.79 Å². The van der Waals surface area contributed by atoms with Crippen LogP contribution in [0.15, 0.2) is 56.4 Å². The average molecular weight is 713 g/mol. The summed E-state index contributed by atoms with van der Waals surface area (Å²) >= 11 is 7.03. The van der Waals surface area contributed by atoms with Gasteiger partial charge in [-0.2, -0.15) is 0 Å². The number of thiazole rings is 1. The maximum absolute atomic E-state index is 13.8. The van der Waals surface area contributed by atoms with E-state index in [1.807, 2.05) is 45.0 Å². The number of ether oxygens (including phenoxy) is 4. The molecule has 2 heterocycles. The Labute approximate surface area is 245 Å². The predicted octanol–water partition coefficient (Wildman–Crippen LogP) is 4.58. The first kappa shape index (κ1) is 28.4. The first-order valence-electron chi connectivity index (χ1n) is 11.9. The van der Waals surface area contributed by atoms with Crippen LogP contribution in [0, 0.1) is 3.57 Å². The number of benzene rings is 2. The highest BCUT2D eigenvalue weighted by atomic mass is 127. The zero-order chi connectivity index (χ0) is 27.4. The molecule has 4 rings (SSSR count). The Bertz CT molecular complexity index is 1560. The van der Waals surface area contributed by atoms with Crippen molar-refractivity contribution in [3.05, 3.63) is 81.0 Å². The van der Waals surface area contributed by atoms with E-state index in [1.54, 1.807) is 12.1 Å². The molecular formula is C27H26BrIN2O6S. The second-order valence-electron chi connectivity index (χ2n) is 7.99. The molecular weight excluding hydrogens is 687 g/mol. The highest BCUT2D eigenvalue weighted by molar-refractivity contribution is 14.1. The number of carbonyl (C=O) groups is 1. The Morgan fingerprint density at radius 1 is 1.11 bits per heavy atom. The summed E-state index contributed by atoms with van der Waals surface area (Å²) in [5.41, 5.74) is 1.49. The lowest BCUT2D eigenvalue weighted by Gasteiger charge is -2.23. The second kappa shape index (κ2) is 12.5. The van der Waals surface area contributed by atoms with Gasteiger partial charge in [0.2, 0.25) is 0 Å². The van der Waals surface area contributed by atoms with E-state index in [0.717, 1.165) is 19.4 Å². The molecule has 1 aliphatic heterocycles. The maximum Gasteiger partial charge on any atom is 0.337 e. The maximum atomic E-state index is 13.8. The number of esters is 1. The monoisotopic (exact) mass is 712 g/mol. The molecule has 11 heteroatoms. The summed E-state index contributed by atoms with van der Waals surface area (Å²) in [6, 6.07) is 8.51. The minimum Gasteiger partial charge on any atom is -0.492 e. The van der Waals surface area contributed by atoms with Crippen LogP contribution in [0.4, 0.5) is 0 Å². The molecule has 0 radical (unpaired) electrons. The fourth-order valence-electron chi connectivity index (χ4n) is 4.08. The minimum absolute atomic E-state index is 0.247. The van der Waals surface area contributed by atoms with Crippen molar-refractivity contribution in [1.29, 1.82) is 0 Å². The number of methoxy groups -OCH3 is 1. The molecule has 8 nitrogen and oxygen atoms in total. The molecule has 0 amide bonds. The molecule has 0 spiro atoms. The van der Waals surface area contributed by atoms with Crippen molar-refractivity contribution >= 4 is 61.9 Å². The molecule has 200 valence electrons. The first-order chi connectivity index (χ1) is 18.3. The third-order valence-corrected chi connectivity index (χ3v) is 8.00. The Kier molecular flexibility index (Phi) is 9.32. The van der Waals surface area contributed by atoms with Crippen LogP contribution in [-0.2, 0) is 9.53 Å². The van der Waals surface area contributed by atoms with Crippen LogP contribution >= 0.6 is 49.9 Å². The second-order valence-corrected chi connectivity index (χ2v) is 11.0. The number of hydrogen-bond acceptors (Lipinski definition) is 8. The zero-order valence-electron chi connectivity index (χ0n) is 21.2. The molecule has 1 aromatic heterocycles. The molecule has 0 fully saturated rings. The van der Waals surface area contributed by atoms with Gasteiger partial charge in [0.15, 0.2) is 16.3 Å². The number of nitrogens with zero attached hydrogens (tertiary/aromatic N) is 2. The lowest BCUT2D eigenvalue weighted by Crippen LogP contribution is -2.39.